The summed E-state index contributed by atoms with van der Waals surface area (Å²) in [5.41, 5.74) is 1.20. The second kappa shape index (κ2) is 6.23. The van der Waals surface area contributed by atoms with E-state index in [4.69, 9.17) is 23.8 Å². The van der Waals surface area contributed by atoms with Crippen molar-refractivity contribution in [1.82, 2.24) is 0 Å². The number of rotatable bonds is 2. The minimum absolute atomic E-state index is 0.214. The van der Waals surface area contributed by atoms with Gasteiger partial charge in [0, 0.05) is 5.02 Å². The van der Waals surface area contributed by atoms with Crippen LogP contribution in [-0.2, 0) is 4.79 Å². The number of halogens is 1. The van der Waals surface area contributed by atoms with Gasteiger partial charge in [-0.2, -0.15) is 0 Å². The van der Waals surface area contributed by atoms with Crippen molar-refractivity contribution in [2.75, 3.05) is 4.90 Å². The maximum Gasteiger partial charge on any atom is 0.270 e. The molecule has 0 saturated carbocycles. The molecule has 0 atom stereocenters. The summed E-state index contributed by atoms with van der Waals surface area (Å²) in [7, 11) is 0. The Bertz CT molecular complexity index is 851. The number of thiocarbonyl (C=S) groups is 1. The van der Waals surface area contributed by atoms with Crippen LogP contribution in [0.3, 0.4) is 0 Å². The monoisotopic (exact) mass is 363 g/mol. The van der Waals surface area contributed by atoms with E-state index in [1.165, 1.54) is 28.8 Å². The van der Waals surface area contributed by atoms with Gasteiger partial charge in [0.05, 0.1) is 10.6 Å². The Balaban J connectivity index is 1.94. The molecule has 1 fully saturated rings. The van der Waals surface area contributed by atoms with Crippen LogP contribution in [0, 0.1) is 0 Å². The smallest absolute Gasteiger partial charge is 0.270 e. The molecule has 0 unspecified atom stereocenters. The van der Waals surface area contributed by atoms with Gasteiger partial charge in [0.1, 0.15) is 0 Å². The first-order chi connectivity index (χ1) is 11.0. The molecule has 0 aromatic heterocycles. The van der Waals surface area contributed by atoms with Crippen LogP contribution in [-0.4, -0.2) is 20.4 Å². The van der Waals surface area contributed by atoms with Crippen molar-refractivity contribution in [3.05, 3.63) is 58.0 Å². The summed E-state index contributed by atoms with van der Waals surface area (Å²) in [4.78, 5) is 14.4. The standard InChI is InChI=1S/C16H10ClNO3S2/c17-10-2-1-3-11(8-10)18-15(21)14(23-16(18)22)7-9-4-5-12(19)13(20)6-9/h1-8,19-20H/b14-7+. The number of benzene rings is 2. The molecular formula is C16H10ClNO3S2. The third-order valence-corrected chi connectivity index (χ3v) is 4.69. The third-order valence-electron chi connectivity index (χ3n) is 3.16. The minimum atomic E-state index is -0.255. The Labute approximate surface area is 147 Å². The van der Waals surface area contributed by atoms with Gasteiger partial charge in [0.2, 0.25) is 0 Å². The van der Waals surface area contributed by atoms with Gasteiger partial charge >= 0.3 is 0 Å². The SMILES string of the molecule is O=C1/C(=C\c2ccc(O)c(O)c2)SC(=S)N1c1cccc(Cl)c1. The topological polar surface area (TPSA) is 60.8 Å². The summed E-state index contributed by atoms with van der Waals surface area (Å²) in [6, 6.07) is 11.2. The Morgan fingerprint density at radius 3 is 2.61 bits per heavy atom. The Morgan fingerprint density at radius 1 is 1.13 bits per heavy atom. The number of aromatic hydroxyl groups is 2. The van der Waals surface area contributed by atoms with E-state index < -0.39 is 0 Å². The van der Waals surface area contributed by atoms with E-state index in [9.17, 15) is 15.0 Å². The van der Waals surface area contributed by atoms with E-state index in [1.54, 1.807) is 36.4 Å². The van der Waals surface area contributed by atoms with Gasteiger partial charge in [-0.3, -0.25) is 9.69 Å². The lowest BCUT2D eigenvalue weighted by Crippen LogP contribution is -2.27. The zero-order chi connectivity index (χ0) is 16.6. The summed E-state index contributed by atoms with van der Waals surface area (Å²) < 4.78 is 0.409. The van der Waals surface area contributed by atoms with Gasteiger partial charge in [-0.05, 0) is 42.0 Å². The van der Waals surface area contributed by atoms with E-state index >= 15 is 0 Å². The van der Waals surface area contributed by atoms with Gasteiger partial charge in [-0.1, -0.05) is 47.7 Å². The first-order valence-corrected chi connectivity index (χ1v) is 8.11. The third kappa shape index (κ3) is 3.19. The van der Waals surface area contributed by atoms with Gasteiger partial charge in [-0.25, -0.2) is 0 Å². The van der Waals surface area contributed by atoms with Crippen LogP contribution in [0.4, 0.5) is 5.69 Å². The molecule has 2 aromatic rings. The highest BCUT2D eigenvalue weighted by Gasteiger charge is 2.33. The van der Waals surface area contributed by atoms with Crippen LogP contribution >= 0.6 is 35.6 Å². The highest BCUT2D eigenvalue weighted by molar-refractivity contribution is 8.27. The number of anilines is 1. The molecule has 1 heterocycles. The highest BCUT2D eigenvalue weighted by Crippen LogP contribution is 2.37. The van der Waals surface area contributed by atoms with Crippen LogP contribution in [0.5, 0.6) is 11.5 Å². The van der Waals surface area contributed by atoms with E-state index in [1.807, 2.05) is 0 Å². The van der Waals surface area contributed by atoms with Crippen LogP contribution in [0.2, 0.25) is 5.02 Å². The molecule has 0 radical (unpaired) electrons. The predicted octanol–water partition coefficient (Wildman–Crippen LogP) is 4.16. The molecule has 1 saturated heterocycles. The number of nitrogens with zero attached hydrogens (tertiary/aromatic N) is 1. The van der Waals surface area contributed by atoms with Gasteiger partial charge in [-0.15, -0.1) is 0 Å². The summed E-state index contributed by atoms with van der Waals surface area (Å²) in [6.07, 6.45) is 1.61. The summed E-state index contributed by atoms with van der Waals surface area (Å²) in [5.74, 6) is -0.715. The molecule has 0 aliphatic carbocycles. The van der Waals surface area contributed by atoms with Crippen LogP contribution in [0.15, 0.2) is 47.4 Å². The number of carbonyl (C=O) groups excluding carboxylic acids is 1. The van der Waals surface area contributed by atoms with Gasteiger partial charge in [0.15, 0.2) is 15.8 Å². The number of hydrogen-bond acceptors (Lipinski definition) is 5. The van der Waals surface area contributed by atoms with E-state index in [0.717, 1.165) is 0 Å². The second-order valence-electron chi connectivity index (χ2n) is 4.75. The fourth-order valence-electron chi connectivity index (χ4n) is 2.09. The molecule has 7 heteroatoms. The first kappa shape index (κ1) is 15.9. The molecule has 23 heavy (non-hydrogen) atoms. The van der Waals surface area contributed by atoms with Crippen LogP contribution < -0.4 is 4.90 Å². The first-order valence-electron chi connectivity index (χ1n) is 6.51. The minimum Gasteiger partial charge on any atom is -0.504 e. The number of carbonyl (C=O) groups is 1. The van der Waals surface area contributed by atoms with Crippen molar-refractivity contribution in [2.24, 2.45) is 0 Å². The fourth-order valence-corrected chi connectivity index (χ4v) is 3.57. The molecule has 4 nitrogen and oxygen atoms in total. The lowest BCUT2D eigenvalue weighted by atomic mass is 10.2. The van der Waals surface area contributed by atoms with Crippen molar-refractivity contribution < 1.29 is 15.0 Å². The van der Waals surface area contributed by atoms with E-state index in [-0.39, 0.29) is 17.4 Å². The average molecular weight is 364 g/mol. The number of amides is 1. The highest BCUT2D eigenvalue weighted by atomic mass is 35.5. The molecular weight excluding hydrogens is 354 g/mol. The molecule has 116 valence electrons. The predicted molar refractivity (Wildman–Crippen MR) is 96.9 cm³/mol. The number of hydrogen-bond donors (Lipinski definition) is 2. The molecule has 2 N–H and O–H groups in total. The zero-order valence-electron chi connectivity index (χ0n) is 11.6. The van der Waals surface area contributed by atoms with Crippen molar-refractivity contribution >= 4 is 57.6 Å². The normalized spacial score (nSPS) is 16.4. The molecule has 1 amide bonds. The lowest BCUT2D eigenvalue weighted by molar-refractivity contribution is -0.113. The van der Waals surface area contributed by atoms with Crippen molar-refractivity contribution in [1.29, 1.82) is 0 Å². The number of phenolic OH excluding ortho intramolecular Hbond substituents is 2. The zero-order valence-corrected chi connectivity index (χ0v) is 14.0. The average Bonchev–Trinajstić information content (AvgIpc) is 2.77. The van der Waals surface area contributed by atoms with Crippen LogP contribution in [0.1, 0.15) is 5.56 Å². The quantitative estimate of drug-likeness (QED) is 0.476. The Kier molecular flexibility index (Phi) is 4.30. The molecule has 1 aliphatic heterocycles. The van der Waals surface area contributed by atoms with Gasteiger partial charge < -0.3 is 10.2 Å². The van der Waals surface area contributed by atoms with Crippen LogP contribution in [0.25, 0.3) is 6.08 Å². The Hall–Kier alpha value is -2.02. The molecule has 3 rings (SSSR count). The van der Waals surface area contributed by atoms with Crippen molar-refractivity contribution in [2.45, 2.75) is 0 Å². The summed E-state index contributed by atoms with van der Waals surface area (Å²) in [5, 5.41) is 19.4. The van der Waals surface area contributed by atoms with Crippen molar-refractivity contribution in [3.8, 4) is 11.5 Å². The lowest BCUT2D eigenvalue weighted by Gasteiger charge is -2.14. The number of phenols is 2. The summed E-state index contributed by atoms with van der Waals surface area (Å²) in [6.45, 7) is 0. The molecule has 1 aliphatic rings. The molecule has 0 spiro atoms. The summed E-state index contributed by atoms with van der Waals surface area (Å²) >= 11 is 12.4. The fraction of sp³-hybridized carbons (Fsp3) is 0. The largest absolute Gasteiger partial charge is 0.504 e. The van der Waals surface area contributed by atoms with Crippen molar-refractivity contribution in [3.63, 3.8) is 0 Å². The van der Waals surface area contributed by atoms with E-state index in [0.29, 0.717) is 25.5 Å². The number of thioether (sulfide) groups is 1. The maximum atomic E-state index is 12.6. The molecule has 2 aromatic carbocycles. The van der Waals surface area contributed by atoms with E-state index in [2.05, 4.69) is 0 Å². The Morgan fingerprint density at radius 2 is 1.91 bits per heavy atom. The second-order valence-corrected chi connectivity index (χ2v) is 6.86. The van der Waals surface area contributed by atoms with Gasteiger partial charge in [0.25, 0.3) is 5.91 Å². The maximum absolute atomic E-state index is 12.6. The molecule has 0 bridgehead atoms.